The predicted octanol–water partition coefficient (Wildman–Crippen LogP) is 0.927. The number of methoxy groups -OCH3 is 1. The van der Waals surface area contributed by atoms with Gasteiger partial charge in [0.05, 0.1) is 24.6 Å². The van der Waals surface area contributed by atoms with Crippen molar-refractivity contribution in [3.05, 3.63) is 42.0 Å². The van der Waals surface area contributed by atoms with Crippen LogP contribution in [0.5, 0.6) is 0 Å². The molecule has 3 rings (SSSR count). The number of anilines is 1. The molecule has 0 bridgehead atoms. The fourth-order valence-electron chi connectivity index (χ4n) is 5.72. The number of ether oxygens (including phenoxy) is 2. The number of nitrogens with two attached hydrogens (primary N) is 1. The molecule has 2 aliphatic heterocycles. The molecule has 16 nitrogen and oxygen atoms in total. The summed E-state index contributed by atoms with van der Waals surface area (Å²) in [5.41, 5.74) is 5.74. The molecule has 16 heteroatoms. The van der Waals surface area contributed by atoms with Gasteiger partial charge in [0.1, 0.15) is 24.7 Å². The molecular formula is C36H50N6O10. The number of imide groups is 1. The minimum atomic E-state index is -1.11. The first kappa shape index (κ1) is 41.3. The second kappa shape index (κ2) is 18.4. The lowest BCUT2D eigenvalue weighted by Crippen LogP contribution is -2.56. The number of unbranched alkanes of at least 4 members (excludes halogenated alkanes) is 1. The third-order valence-corrected chi connectivity index (χ3v) is 8.60. The van der Waals surface area contributed by atoms with Gasteiger partial charge in [0.15, 0.2) is 0 Å². The molecule has 1 aromatic carbocycles. The fraction of sp³-hybridized carbons (Fsp3) is 0.556. The van der Waals surface area contributed by atoms with Crippen molar-refractivity contribution in [1.82, 2.24) is 20.4 Å². The molecular weight excluding hydrogens is 676 g/mol. The third kappa shape index (κ3) is 11.4. The number of likely N-dealkylation sites (tertiary alicyclic amines) is 1. The summed E-state index contributed by atoms with van der Waals surface area (Å²) in [5, 5.41) is 8.17. The van der Waals surface area contributed by atoms with Crippen LogP contribution in [0.15, 0.2) is 36.4 Å². The summed E-state index contributed by atoms with van der Waals surface area (Å²) in [4.78, 5) is 104. The summed E-state index contributed by atoms with van der Waals surface area (Å²) in [6.45, 7) is 8.30. The number of benzene rings is 1. The van der Waals surface area contributed by atoms with Crippen molar-refractivity contribution in [2.45, 2.75) is 97.5 Å². The van der Waals surface area contributed by atoms with Crippen LogP contribution in [0.2, 0.25) is 0 Å². The zero-order chi connectivity index (χ0) is 38.7. The van der Waals surface area contributed by atoms with E-state index >= 15 is 0 Å². The topological polar surface area (TPSA) is 224 Å². The van der Waals surface area contributed by atoms with E-state index in [9.17, 15) is 38.4 Å². The molecule has 4 atom stereocenters. The zero-order valence-corrected chi connectivity index (χ0v) is 30.6. The van der Waals surface area contributed by atoms with E-state index in [2.05, 4.69) is 16.0 Å². The molecule has 0 aromatic heterocycles. The van der Waals surface area contributed by atoms with Gasteiger partial charge in [0, 0.05) is 37.8 Å². The molecule has 0 radical (unpaired) electrons. The highest BCUT2D eigenvalue weighted by atomic mass is 16.5. The van der Waals surface area contributed by atoms with Crippen LogP contribution >= 0.6 is 0 Å². The second-order valence-electron chi connectivity index (χ2n) is 14.3. The van der Waals surface area contributed by atoms with Gasteiger partial charge in [-0.2, -0.15) is 0 Å². The molecule has 52 heavy (non-hydrogen) atoms. The Morgan fingerprint density at radius 3 is 2.13 bits per heavy atom. The highest BCUT2D eigenvalue weighted by Gasteiger charge is 2.47. The standard InChI is InChI=1S/C36H50N6O10/c1-21(2)31(40-28(44)18-41-24(20-51-6)17-26(34(41)49)42-29(45)15-16-30(42)46)33(48)39-25(9-7-8-10-27(37)43)32(47)38-23-13-11-22(12-14-23)19-52-35(50)36(3,4)5/h11-16,21,24-26,31H,7-10,17-20H2,1-6H3,(H2,37,43)(H,38,47)(H,39,48)(H,40,44)/t24-,25-,26-,31-/m0/s1. The second-order valence-corrected chi connectivity index (χ2v) is 14.3. The lowest BCUT2D eigenvalue weighted by atomic mass is 9.97. The number of carbonyl (C=O) groups is 8. The highest BCUT2D eigenvalue weighted by Crippen LogP contribution is 2.26. The van der Waals surface area contributed by atoms with Gasteiger partial charge in [0.2, 0.25) is 29.5 Å². The van der Waals surface area contributed by atoms with Crippen molar-refractivity contribution in [1.29, 1.82) is 0 Å². The van der Waals surface area contributed by atoms with Crippen LogP contribution in [-0.4, -0.2) is 102 Å². The molecule has 1 saturated heterocycles. The largest absolute Gasteiger partial charge is 0.460 e. The van der Waals surface area contributed by atoms with E-state index in [0.29, 0.717) is 24.1 Å². The number of rotatable bonds is 18. The minimum absolute atomic E-state index is 0.0488. The van der Waals surface area contributed by atoms with Gasteiger partial charge in [-0.1, -0.05) is 32.4 Å². The molecule has 0 unspecified atom stereocenters. The zero-order valence-electron chi connectivity index (χ0n) is 30.6. The average molecular weight is 727 g/mol. The van der Waals surface area contributed by atoms with Gasteiger partial charge >= 0.3 is 5.97 Å². The Labute approximate surface area is 303 Å². The van der Waals surface area contributed by atoms with E-state index < -0.39 is 83.4 Å². The summed E-state index contributed by atoms with van der Waals surface area (Å²) < 4.78 is 10.6. The van der Waals surface area contributed by atoms with Gasteiger partial charge in [-0.25, -0.2) is 0 Å². The molecule has 2 aliphatic rings. The predicted molar refractivity (Wildman–Crippen MR) is 187 cm³/mol. The SMILES string of the molecule is COC[C@@H]1C[C@H](N2C(=O)C=CC2=O)C(=O)N1CC(=O)N[C@H](C(=O)N[C@@H](CCCCC(N)=O)C(=O)Nc1ccc(COC(=O)C(C)(C)C)cc1)C(C)C. The summed E-state index contributed by atoms with van der Waals surface area (Å²) >= 11 is 0. The highest BCUT2D eigenvalue weighted by molar-refractivity contribution is 6.15. The molecule has 5 N–H and O–H groups in total. The third-order valence-electron chi connectivity index (χ3n) is 8.60. The van der Waals surface area contributed by atoms with Crippen molar-refractivity contribution >= 4 is 53.0 Å². The molecule has 0 spiro atoms. The Balaban J connectivity index is 1.68. The van der Waals surface area contributed by atoms with Crippen LogP contribution in [0, 0.1) is 11.3 Å². The van der Waals surface area contributed by atoms with Crippen LogP contribution in [0.3, 0.4) is 0 Å². The number of amides is 7. The lowest BCUT2D eigenvalue weighted by Gasteiger charge is -2.28. The number of hydrogen-bond acceptors (Lipinski definition) is 10. The lowest BCUT2D eigenvalue weighted by molar-refractivity contribution is -0.154. The van der Waals surface area contributed by atoms with Crippen LogP contribution in [0.4, 0.5) is 5.69 Å². The van der Waals surface area contributed by atoms with Gasteiger partial charge in [0.25, 0.3) is 11.8 Å². The number of hydrogen-bond donors (Lipinski definition) is 4. The molecule has 0 aliphatic carbocycles. The smallest absolute Gasteiger partial charge is 0.311 e. The maximum absolute atomic E-state index is 13.6. The van der Waals surface area contributed by atoms with Crippen LogP contribution in [0.1, 0.15) is 72.3 Å². The van der Waals surface area contributed by atoms with E-state index in [1.807, 2.05) is 0 Å². The molecule has 1 aromatic rings. The first-order valence-electron chi connectivity index (χ1n) is 17.2. The van der Waals surface area contributed by atoms with Gasteiger partial charge in [-0.3, -0.25) is 43.3 Å². The van der Waals surface area contributed by atoms with Crippen molar-refractivity contribution in [3.63, 3.8) is 0 Å². The van der Waals surface area contributed by atoms with Gasteiger partial charge < -0.3 is 36.1 Å². The van der Waals surface area contributed by atoms with Crippen LogP contribution in [-0.2, 0) is 54.4 Å². The van der Waals surface area contributed by atoms with Crippen molar-refractivity contribution in [2.75, 3.05) is 25.6 Å². The van der Waals surface area contributed by atoms with E-state index in [4.69, 9.17) is 15.2 Å². The minimum Gasteiger partial charge on any atom is -0.460 e. The number of nitrogens with one attached hydrogen (secondary N) is 3. The van der Waals surface area contributed by atoms with Crippen molar-refractivity contribution in [2.24, 2.45) is 17.1 Å². The van der Waals surface area contributed by atoms with E-state index in [0.717, 1.165) is 17.1 Å². The Morgan fingerprint density at radius 2 is 1.58 bits per heavy atom. The maximum atomic E-state index is 13.6. The quantitative estimate of drug-likeness (QED) is 0.0951. The number of carbonyl (C=O) groups excluding carboxylic acids is 8. The van der Waals surface area contributed by atoms with Gasteiger partial charge in [-0.05, 0) is 57.2 Å². The molecule has 2 heterocycles. The number of nitrogens with zero attached hydrogens (tertiary/aromatic N) is 2. The Bertz CT molecular complexity index is 1530. The van der Waals surface area contributed by atoms with Crippen LogP contribution in [0.25, 0.3) is 0 Å². The Morgan fingerprint density at radius 1 is 0.942 bits per heavy atom. The monoisotopic (exact) mass is 726 g/mol. The normalized spacial score (nSPS) is 18.4. The fourth-order valence-corrected chi connectivity index (χ4v) is 5.72. The summed E-state index contributed by atoms with van der Waals surface area (Å²) in [6, 6.07) is 2.79. The van der Waals surface area contributed by atoms with E-state index in [1.54, 1.807) is 58.9 Å². The first-order chi connectivity index (χ1) is 24.4. The molecule has 1 fully saturated rings. The molecule has 0 saturated carbocycles. The Kier molecular flexibility index (Phi) is 14.6. The van der Waals surface area contributed by atoms with Gasteiger partial charge in [-0.15, -0.1) is 0 Å². The molecule has 7 amide bonds. The Hall–Kier alpha value is -5.12. The summed E-state index contributed by atoms with van der Waals surface area (Å²) in [5.74, 6) is -4.97. The summed E-state index contributed by atoms with van der Waals surface area (Å²) in [7, 11) is 1.42. The average Bonchev–Trinajstić information content (AvgIpc) is 3.55. The molecule has 284 valence electrons. The van der Waals surface area contributed by atoms with E-state index in [1.165, 1.54) is 12.0 Å². The first-order valence-corrected chi connectivity index (χ1v) is 17.2. The van der Waals surface area contributed by atoms with E-state index in [-0.39, 0.29) is 38.4 Å². The van der Waals surface area contributed by atoms with Crippen LogP contribution < -0.4 is 21.7 Å². The number of primary amides is 1. The number of esters is 1. The van der Waals surface area contributed by atoms with Crippen molar-refractivity contribution in [3.8, 4) is 0 Å². The summed E-state index contributed by atoms with van der Waals surface area (Å²) in [6.07, 6.45) is 3.28. The maximum Gasteiger partial charge on any atom is 0.311 e. The van der Waals surface area contributed by atoms with Crippen molar-refractivity contribution < 1.29 is 47.8 Å².